The molecule has 0 unspecified atom stereocenters. The van der Waals surface area contributed by atoms with Crippen molar-refractivity contribution in [1.82, 2.24) is 14.8 Å². The summed E-state index contributed by atoms with van der Waals surface area (Å²) in [5.74, 6) is -0.286. The van der Waals surface area contributed by atoms with Gasteiger partial charge in [-0.2, -0.15) is 5.10 Å². The molecule has 0 saturated carbocycles. The standard InChI is InChI=1S/C14H13N3O2S/c1-2-19-13(18)7-17-12-6-4-3-5-10(12)14(16-17)11-8-20-9-15-11/h3-6,8-9H,2,7H2,1H3. The highest BCUT2D eigenvalue weighted by molar-refractivity contribution is 7.07. The van der Waals surface area contributed by atoms with Crippen LogP contribution in [0, 0.1) is 0 Å². The molecule has 20 heavy (non-hydrogen) atoms. The summed E-state index contributed by atoms with van der Waals surface area (Å²) < 4.78 is 6.65. The zero-order valence-electron chi connectivity index (χ0n) is 10.9. The van der Waals surface area contributed by atoms with Gasteiger partial charge in [0.05, 0.1) is 17.6 Å². The Balaban J connectivity index is 2.07. The van der Waals surface area contributed by atoms with E-state index in [1.165, 1.54) is 11.3 Å². The minimum absolute atomic E-state index is 0.110. The van der Waals surface area contributed by atoms with Crippen LogP contribution in [0.15, 0.2) is 35.2 Å². The van der Waals surface area contributed by atoms with Gasteiger partial charge in [-0.15, -0.1) is 11.3 Å². The first kappa shape index (κ1) is 12.8. The van der Waals surface area contributed by atoms with Gasteiger partial charge in [0, 0.05) is 10.8 Å². The van der Waals surface area contributed by atoms with Crippen LogP contribution in [0.1, 0.15) is 6.92 Å². The molecule has 0 saturated heterocycles. The number of para-hydroxylation sites is 1. The SMILES string of the molecule is CCOC(=O)Cn1nc(-c2cscn2)c2ccccc21. The van der Waals surface area contributed by atoms with E-state index in [0.717, 1.165) is 22.3 Å². The Bertz CT molecular complexity index is 734. The number of esters is 1. The first-order chi connectivity index (χ1) is 9.79. The molecule has 0 radical (unpaired) electrons. The summed E-state index contributed by atoms with van der Waals surface area (Å²) in [6.07, 6.45) is 0. The highest BCUT2D eigenvalue weighted by atomic mass is 32.1. The van der Waals surface area contributed by atoms with E-state index >= 15 is 0 Å². The van der Waals surface area contributed by atoms with E-state index < -0.39 is 0 Å². The number of rotatable bonds is 4. The third-order valence-electron chi connectivity index (χ3n) is 2.92. The van der Waals surface area contributed by atoms with Crippen molar-refractivity contribution in [3.63, 3.8) is 0 Å². The zero-order chi connectivity index (χ0) is 13.9. The maximum atomic E-state index is 11.7. The average molecular weight is 287 g/mol. The number of nitrogens with zero attached hydrogens (tertiary/aromatic N) is 3. The number of aromatic nitrogens is 3. The van der Waals surface area contributed by atoms with E-state index in [2.05, 4.69) is 10.1 Å². The molecule has 0 spiro atoms. The van der Waals surface area contributed by atoms with Crippen LogP contribution in [0.4, 0.5) is 0 Å². The maximum absolute atomic E-state index is 11.7. The molecular formula is C14H13N3O2S. The molecule has 3 rings (SSSR count). The lowest BCUT2D eigenvalue weighted by atomic mass is 10.2. The Morgan fingerprint density at radius 2 is 2.25 bits per heavy atom. The largest absolute Gasteiger partial charge is 0.465 e. The molecule has 0 aliphatic heterocycles. The van der Waals surface area contributed by atoms with Gasteiger partial charge in [0.25, 0.3) is 0 Å². The fraction of sp³-hybridized carbons (Fsp3) is 0.214. The number of carbonyl (C=O) groups is 1. The average Bonchev–Trinajstić information content (AvgIpc) is 3.07. The van der Waals surface area contributed by atoms with E-state index in [0.29, 0.717) is 6.61 Å². The number of carbonyl (C=O) groups excluding carboxylic acids is 1. The van der Waals surface area contributed by atoms with E-state index in [-0.39, 0.29) is 12.5 Å². The van der Waals surface area contributed by atoms with Crippen LogP contribution in [0.3, 0.4) is 0 Å². The van der Waals surface area contributed by atoms with Gasteiger partial charge in [0.15, 0.2) is 0 Å². The lowest BCUT2D eigenvalue weighted by molar-refractivity contribution is -0.143. The fourth-order valence-corrected chi connectivity index (χ4v) is 2.63. The number of thiazole rings is 1. The van der Waals surface area contributed by atoms with Crippen molar-refractivity contribution in [2.45, 2.75) is 13.5 Å². The summed E-state index contributed by atoms with van der Waals surface area (Å²) >= 11 is 1.52. The van der Waals surface area contributed by atoms with Crippen molar-refractivity contribution in [3.8, 4) is 11.4 Å². The summed E-state index contributed by atoms with van der Waals surface area (Å²) in [4.78, 5) is 15.9. The van der Waals surface area contributed by atoms with Gasteiger partial charge in [-0.3, -0.25) is 9.48 Å². The third-order valence-corrected chi connectivity index (χ3v) is 3.50. The van der Waals surface area contributed by atoms with E-state index in [4.69, 9.17) is 4.74 Å². The van der Waals surface area contributed by atoms with Crippen molar-refractivity contribution < 1.29 is 9.53 Å². The lowest BCUT2D eigenvalue weighted by Gasteiger charge is -2.02. The molecular weight excluding hydrogens is 274 g/mol. The highest BCUT2D eigenvalue weighted by Gasteiger charge is 2.15. The van der Waals surface area contributed by atoms with Gasteiger partial charge in [-0.25, -0.2) is 4.98 Å². The van der Waals surface area contributed by atoms with Gasteiger partial charge in [-0.05, 0) is 13.0 Å². The monoisotopic (exact) mass is 287 g/mol. The van der Waals surface area contributed by atoms with Crippen LogP contribution in [0.5, 0.6) is 0 Å². The summed E-state index contributed by atoms with van der Waals surface area (Å²) in [6, 6.07) is 7.81. The van der Waals surface area contributed by atoms with Gasteiger partial charge < -0.3 is 4.74 Å². The van der Waals surface area contributed by atoms with E-state index in [1.807, 2.05) is 29.6 Å². The number of fused-ring (bicyclic) bond motifs is 1. The van der Waals surface area contributed by atoms with Gasteiger partial charge in [0.2, 0.25) is 0 Å². The molecule has 102 valence electrons. The zero-order valence-corrected chi connectivity index (χ0v) is 11.8. The Morgan fingerprint density at radius 1 is 1.40 bits per heavy atom. The Kier molecular flexibility index (Phi) is 3.47. The molecule has 3 aromatic rings. The molecule has 2 aromatic heterocycles. The van der Waals surface area contributed by atoms with Crippen molar-refractivity contribution in [3.05, 3.63) is 35.2 Å². The summed E-state index contributed by atoms with van der Waals surface area (Å²) in [5.41, 5.74) is 4.30. The van der Waals surface area contributed by atoms with Crippen molar-refractivity contribution in [1.29, 1.82) is 0 Å². The van der Waals surface area contributed by atoms with Crippen LogP contribution >= 0.6 is 11.3 Å². The van der Waals surface area contributed by atoms with Crippen LogP contribution in [-0.4, -0.2) is 27.3 Å². The molecule has 0 fully saturated rings. The first-order valence-corrected chi connectivity index (χ1v) is 7.23. The van der Waals surface area contributed by atoms with E-state index in [1.54, 1.807) is 17.1 Å². The van der Waals surface area contributed by atoms with Crippen molar-refractivity contribution in [2.24, 2.45) is 0 Å². The first-order valence-electron chi connectivity index (χ1n) is 6.29. The lowest BCUT2D eigenvalue weighted by Crippen LogP contribution is -2.14. The molecule has 0 bridgehead atoms. The molecule has 0 N–H and O–H groups in total. The Hall–Kier alpha value is -2.21. The Labute approximate surface area is 119 Å². The van der Waals surface area contributed by atoms with Gasteiger partial charge >= 0.3 is 5.97 Å². The highest BCUT2D eigenvalue weighted by Crippen LogP contribution is 2.27. The van der Waals surface area contributed by atoms with Crippen LogP contribution in [0.2, 0.25) is 0 Å². The van der Waals surface area contributed by atoms with Gasteiger partial charge in [-0.1, -0.05) is 18.2 Å². The van der Waals surface area contributed by atoms with Gasteiger partial charge in [0.1, 0.15) is 17.9 Å². The summed E-state index contributed by atoms with van der Waals surface area (Å²) in [7, 11) is 0. The molecule has 6 heteroatoms. The molecule has 2 heterocycles. The molecule has 1 aromatic carbocycles. The quantitative estimate of drug-likeness (QED) is 0.692. The topological polar surface area (TPSA) is 57.0 Å². The number of ether oxygens (including phenoxy) is 1. The second-order valence-electron chi connectivity index (χ2n) is 4.20. The molecule has 0 atom stereocenters. The summed E-state index contributed by atoms with van der Waals surface area (Å²) in [6.45, 7) is 2.27. The fourth-order valence-electron chi connectivity index (χ4n) is 2.10. The van der Waals surface area contributed by atoms with Crippen LogP contribution in [0.25, 0.3) is 22.3 Å². The normalized spacial score (nSPS) is 10.8. The summed E-state index contributed by atoms with van der Waals surface area (Å²) in [5, 5.41) is 7.45. The molecule has 0 aliphatic carbocycles. The number of benzene rings is 1. The molecule has 5 nitrogen and oxygen atoms in total. The van der Waals surface area contributed by atoms with Crippen molar-refractivity contribution in [2.75, 3.05) is 6.61 Å². The van der Waals surface area contributed by atoms with E-state index in [9.17, 15) is 4.79 Å². The third kappa shape index (κ3) is 2.30. The predicted octanol–water partition coefficient (Wildman–Crippen LogP) is 2.72. The minimum Gasteiger partial charge on any atom is -0.465 e. The molecule has 0 amide bonds. The number of hydrogen-bond donors (Lipinski definition) is 0. The second-order valence-corrected chi connectivity index (χ2v) is 4.92. The predicted molar refractivity (Wildman–Crippen MR) is 77.5 cm³/mol. The van der Waals surface area contributed by atoms with Crippen LogP contribution in [-0.2, 0) is 16.1 Å². The smallest absolute Gasteiger partial charge is 0.327 e. The second kappa shape index (κ2) is 5.42. The van der Waals surface area contributed by atoms with Crippen molar-refractivity contribution >= 4 is 28.2 Å². The Morgan fingerprint density at radius 3 is 3.00 bits per heavy atom. The van der Waals surface area contributed by atoms with Crippen LogP contribution < -0.4 is 0 Å². The minimum atomic E-state index is -0.286. The maximum Gasteiger partial charge on any atom is 0.327 e. The number of hydrogen-bond acceptors (Lipinski definition) is 5. The molecule has 0 aliphatic rings.